The van der Waals surface area contributed by atoms with E-state index in [0.29, 0.717) is 0 Å². The fourth-order valence-electron chi connectivity index (χ4n) is 7.17. The summed E-state index contributed by atoms with van der Waals surface area (Å²) in [5, 5.41) is 0. The van der Waals surface area contributed by atoms with Crippen LogP contribution in [-0.2, 0) is 38.1 Å². The maximum atomic E-state index is 11.7. The number of carbonyl (C=O) groups excluding carboxylic acids is 4. The van der Waals surface area contributed by atoms with E-state index in [1.807, 2.05) is 0 Å². The Balaban J connectivity index is 1.40. The molecule has 172 valence electrons. The molecule has 0 amide bonds. The van der Waals surface area contributed by atoms with Crippen molar-refractivity contribution in [2.24, 2.45) is 47.3 Å². The maximum Gasteiger partial charge on any atom is 0.303 e. The van der Waals surface area contributed by atoms with Gasteiger partial charge in [-0.3, -0.25) is 19.2 Å². The van der Waals surface area contributed by atoms with Crippen LogP contribution in [0.3, 0.4) is 0 Å². The highest BCUT2D eigenvalue weighted by molar-refractivity contribution is 5.68. The average molecular weight is 444 g/mol. The van der Waals surface area contributed by atoms with Crippen molar-refractivity contribution in [2.45, 2.75) is 52.1 Å². The molecule has 0 bridgehead atoms. The summed E-state index contributed by atoms with van der Waals surface area (Å²) in [7, 11) is 0. The Labute approximate surface area is 186 Å². The van der Waals surface area contributed by atoms with E-state index >= 15 is 0 Å². The van der Waals surface area contributed by atoms with Crippen LogP contribution in [-0.4, -0.2) is 48.3 Å². The number of rotatable bonds is 4. The van der Waals surface area contributed by atoms with Crippen molar-refractivity contribution in [3.05, 3.63) is 24.3 Å². The van der Waals surface area contributed by atoms with E-state index in [1.54, 1.807) is 0 Å². The van der Waals surface area contributed by atoms with Crippen molar-refractivity contribution in [1.82, 2.24) is 0 Å². The topological polar surface area (TPSA) is 105 Å². The van der Waals surface area contributed by atoms with Gasteiger partial charge in [0.25, 0.3) is 0 Å². The third kappa shape index (κ3) is 3.02. The molecule has 5 aliphatic carbocycles. The average Bonchev–Trinajstić information content (AvgIpc) is 2.69. The predicted octanol–water partition coefficient (Wildman–Crippen LogP) is 1.82. The van der Waals surface area contributed by atoms with Crippen LogP contribution in [0, 0.1) is 47.3 Å². The number of esters is 4. The summed E-state index contributed by atoms with van der Waals surface area (Å²) < 4.78 is 22.2. The Morgan fingerprint density at radius 2 is 0.719 bits per heavy atom. The van der Waals surface area contributed by atoms with Crippen LogP contribution in [0.4, 0.5) is 0 Å². The highest BCUT2D eigenvalue weighted by Crippen LogP contribution is 2.68. The largest absolute Gasteiger partial charge is 0.458 e. The van der Waals surface area contributed by atoms with Gasteiger partial charge in [0, 0.05) is 51.4 Å². The maximum absolute atomic E-state index is 11.7. The molecule has 0 aromatic heterocycles. The highest BCUT2D eigenvalue weighted by Gasteiger charge is 2.71. The lowest BCUT2D eigenvalue weighted by Gasteiger charge is -2.69. The molecule has 0 heterocycles. The van der Waals surface area contributed by atoms with E-state index in [9.17, 15) is 19.2 Å². The van der Waals surface area contributed by atoms with Crippen molar-refractivity contribution in [3.8, 4) is 0 Å². The Morgan fingerprint density at radius 3 is 1.03 bits per heavy atom. The minimum atomic E-state index is -0.455. The molecule has 0 saturated heterocycles. The summed E-state index contributed by atoms with van der Waals surface area (Å²) in [5.41, 5.74) is 0. The lowest BCUT2D eigenvalue weighted by molar-refractivity contribution is -0.261. The highest BCUT2D eigenvalue weighted by atomic mass is 16.6. The molecule has 12 atom stereocenters. The molecule has 0 radical (unpaired) electrons. The summed E-state index contributed by atoms with van der Waals surface area (Å²) in [6.07, 6.45) is 6.74. The number of hydrogen-bond acceptors (Lipinski definition) is 8. The molecule has 0 N–H and O–H groups in total. The zero-order valence-corrected chi connectivity index (χ0v) is 18.5. The smallest absolute Gasteiger partial charge is 0.303 e. The van der Waals surface area contributed by atoms with Crippen LogP contribution in [0.25, 0.3) is 0 Å². The molecule has 0 aliphatic heterocycles. The molecule has 5 rings (SSSR count). The van der Waals surface area contributed by atoms with Gasteiger partial charge in [0.1, 0.15) is 24.4 Å². The summed E-state index contributed by atoms with van der Waals surface area (Å²) in [6, 6.07) is 0. The van der Waals surface area contributed by atoms with Gasteiger partial charge in [-0.25, -0.2) is 0 Å². The second-order valence-corrected chi connectivity index (χ2v) is 9.68. The van der Waals surface area contributed by atoms with Gasteiger partial charge in [-0.05, 0) is 23.7 Å². The Morgan fingerprint density at radius 1 is 0.438 bits per heavy atom. The van der Waals surface area contributed by atoms with Crippen LogP contribution in [0.1, 0.15) is 27.7 Å². The van der Waals surface area contributed by atoms with E-state index < -0.39 is 24.4 Å². The zero-order chi connectivity index (χ0) is 22.9. The van der Waals surface area contributed by atoms with Crippen molar-refractivity contribution >= 4 is 23.9 Å². The first kappa shape index (κ1) is 21.2. The quantitative estimate of drug-likeness (QED) is 0.367. The molecule has 8 nitrogen and oxygen atoms in total. The van der Waals surface area contributed by atoms with Gasteiger partial charge in [0.2, 0.25) is 0 Å². The summed E-state index contributed by atoms with van der Waals surface area (Å²) in [6.45, 7) is 5.47. The van der Waals surface area contributed by atoms with Gasteiger partial charge in [0.15, 0.2) is 0 Å². The standard InChI is InChI=1S/C24H28O8/c1-9(25)29-21-15-7-5-13-17(19(15)23(21)31-11(3)27)14-6-8-16-20(18(13)14)24(32-12(4)28)22(16)30-10(2)26/h5-8,13-24H,1-4H3/t13?,14?,15-,16+,17?,18?,19+,20-,21-,22-,23-,24+/m0/s1. The Kier molecular flexibility index (Phi) is 4.94. The van der Waals surface area contributed by atoms with Gasteiger partial charge in [-0.1, -0.05) is 24.3 Å². The molecule has 4 unspecified atom stereocenters. The predicted molar refractivity (Wildman–Crippen MR) is 108 cm³/mol. The second kappa shape index (κ2) is 7.46. The van der Waals surface area contributed by atoms with Crippen molar-refractivity contribution < 1.29 is 38.1 Å². The summed E-state index contributed by atoms with van der Waals surface area (Å²) in [5.74, 6) is -0.330. The van der Waals surface area contributed by atoms with Gasteiger partial charge in [0.05, 0.1) is 0 Å². The monoisotopic (exact) mass is 444 g/mol. The van der Waals surface area contributed by atoms with Crippen LogP contribution >= 0.6 is 0 Å². The van der Waals surface area contributed by atoms with Gasteiger partial charge in [-0.2, -0.15) is 0 Å². The van der Waals surface area contributed by atoms with Crippen LogP contribution in [0.15, 0.2) is 24.3 Å². The third-order valence-electron chi connectivity index (χ3n) is 8.04. The number of allylic oxidation sites excluding steroid dienone is 2. The van der Waals surface area contributed by atoms with Gasteiger partial charge < -0.3 is 18.9 Å². The molecular weight excluding hydrogens is 416 g/mol. The molecule has 0 aromatic carbocycles. The van der Waals surface area contributed by atoms with Crippen LogP contribution in [0.2, 0.25) is 0 Å². The molecule has 3 saturated carbocycles. The molecular formula is C24H28O8. The molecule has 5 aliphatic rings. The Bertz CT molecular complexity index is 839. The summed E-state index contributed by atoms with van der Waals surface area (Å²) >= 11 is 0. The number of ether oxygens (including phenoxy) is 4. The molecule has 0 aromatic rings. The van der Waals surface area contributed by atoms with Gasteiger partial charge in [-0.15, -0.1) is 0 Å². The van der Waals surface area contributed by atoms with E-state index in [4.69, 9.17) is 18.9 Å². The van der Waals surface area contributed by atoms with E-state index in [0.717, 1.165) is 0 Å². The second-order valence-electron chi connectivity index (χ2n) is 9.68. The SMILES string of the molecule is CC(=O)O[C@@H]1[C@@H](OC(C)=O)[C@H]2C=CC3C4C(C=C[C@H]5[C@H](OC(C)=O)[C@H](OC(C)=O)[C@H]45)C3[C@@H]21. The fourth-order valence-corrected chi connectivity index (χ4v) is 7.17. The first-order chi connectivity index (χ1) is 15.2. The van der Waals surface area contributed by atoms with E-state index in [2.05, 4.69) is 24.3 Å². The first-order valence-electron chi connectivity index (χ1n) is 11.2. The lowest BCUT2D eigenvalue weighted by atomic mass is 9.37. The first-order valence-corrected chi connectivity index (χ1v) is 11.2. The molecule has 8 heteroatoms. The van der Waals surface area contributed by atoms with Crippen molar-refractivity contribution in [1.29, 1.82) is 0 Å². The minimum Gasteiger partial charge on any atom is -0.458 e. The zero-order valence-electron chi connectivity index (χ0n) is 18.5. The third-order valence-corrected chi connectivity index (χ3v) is 8.04. The van der Waals surface area contributed by atoms with Gasteiger partial charge >= 0.3 is 23.9 Å². The van der Waals surface area contributed by atoms with Crippen LogP contribution < -0.4 is 0 Å². The van der Waals surface area contributed by atoms with Crippen molar-refractivity contribution in [3.63, 3.8) is 0 Å². The number of fused-ring (bicyclic) bond motifs is 8. The Hall–Kier alpha value is -2.64. The van der Waals surface area contributed by atoms with Crippen molar-refractivity contribution in [2.75, 3.05) is 0 Å². The molecule has 32 heavy (non-hydrogen) atoms. The summed E-state index contributed by atoms with van der Waals surface area (Å²) in [4.78, 5) is 46.6. The number of hydrogen-bond donors (Lipinski definition) is 0. The molecule has 0 spiro atoms. The molecule has 3 fully saturated rings. The number of carbonyl (C=O) groups is 4. The minimum absolute atomic E-state index is 0.0241. The van der Waals surface area contributed by atoms with E-state index in [-0.39, 0.29) is 71.2 Å². The van der Waals surface area contributed by atoms with Crippen LogP contribution in [0.5, 0.6) is 0 Å². The van der Waals surface area contributed by atoms with E-state index in [1.165, 1.54) is 27.7 Å². The fraction of sp³-hybridized carbons (Fsp3) is 0.667. The normalized spacial score (nSPS) is 46.4. The lowest BCUT2D eigenvalue weighted by Crippen LogP contribution is -2.73.